The molecule has 0 spiro atoms. The zero-order chi connectivity index (χ0) is 17.8. The molecule has 1 aromatic heterocycles. The molecule has 0 saturated heterocycles. The Morgan fingerprint density at radius 1 is 0.640 bits per heavy atom. The van der Waals surface area contributed by atoms with Gasteiger partial charge in [0.2, 0.25) is 5.95 Å². The predicted octanol–water partition coefficient (Wildman–Crippen LogP) is 3.29. The number of ether oxygens (including phenoxy) is 2. The fraction of sp³-hybridized carbons (Fsp3) is 0.211. The molecule has 0 bridgehead atoms. The average molecular weight is 336 g/mol. The Bertz CT molecular complexity index is 781. The van der Waals surface area contributed by atoms with Gasteiger partial charge in [-0.15, -0.1) is 0 Å². The van der Waals surface area contributed by atoms with Gasteiger partial charge < -0.3 is 14.4 Å². The molecule has 0 amide bonds. The summed E-state index contributed by atoms with van der Waals surface area (Å²) >= 11 is 0. The minimum Gasteiger partial charge on any atom is -0.497 e. The number of hydrogen-bond acceptors (Lipinski definition) is 6. The molecule has 0 saturated carbocycles. The highest BCUT2D eigenvalue weighted by Crippen LogP contribution is 2.25. The molecule has 0 aliphatic heterocycles. The number of anilines is 1. The molecular weight excluding hydrogens is 316 g/mol. The van der Waals surface area contributed by atoms with Crippen molar-refractivity contribution in [3.63, 3.8) is 0 Å². The summed E-state index contributed by atoms with van der Waals surface area (Å²) in [5.41, 5.74) is 1.81. The first-order chi connectivity index (χ1) is 12.1. The van der Waals surface area contributed by atoms with Crippen molar-refractivity contribution in [2.24, 2.45) is 0 Å². The molecule has 128 valence electrons. The largest absolute Gasteiger partial charge is 0.497 e. The predicted molar refractivity (Wildman–Crippen MR) is 98.1 cm³/mol. The normalized spacial score (nSPS) is 10.4. The van der Waals surface area contributed by atoms with Crippen LogP contribution in [0, 0.1) is 0 Å². The van der Waals surface area contributed by atoms with Crippen molar-refractivity contribution in [1.82, 2.24) is 15.0 Å². The fourth-order valence-electron chi connectivity index (χ4n) is 2.30. The number of aromatic nitrogens is 3. The number of nitrogens with zero attached hydrogens (tertiary/aromatic N) is 4. The maximum absolute atomic E-state index is 5.21. The van der Waals surface area contributed by atoms with Crippen LogP contribution in [0.4, 0.5) is 5.95 Å². The van der Waals surface area contributed by atoms with Crippen LogP contribution in [0.5, 0.6) is 11.5 Å². The summed E-state index contributed by atoms with van der Waals surface area (Å²) < 4.78 is 10.4. The highest BCUT2D eigenvalue weighted by molar-refractivity contribution is 5.64. The molecule has 6 nitrogen and oxygen atoms in total. The Morgan fingerprint density at radius 3 is 1.36 bits per heavy atom. The molecule has 0 aliphatic carbocycles. The first-order valence-electron chi connectivity index (χ1n) is 7.83. The quantitative estimate of drug-likeness (QED) is 0.712. The Labute approximate surface area is 147 Å². The summed E-state index contributed by atoms with van der Waals surface area (Å²) in [6, 6.07) is 15.3. The molecule has 2 aromatic carbocycles. The standard InChI is InChI=1S/C19H20N4O2/c1-23(2)19-21-17(13-5-9-15(24-3)10-6-13)20-18(22-19)14-7-11-16(25-4)12-8-14/h5-12H,1-4H3. The third kappa shape index (κ3) is 3.68. The van der Waals surface area contributed by atoms with Crippen LogP contribution in [-0.2, 0) is 0 Å². The van der Waals surface area contributed by atoms with Crippen molar-refractivity contribution in [3.05, 3.63) is 48.5 Å². The molecule has 1 heterocycles. The second-order valence-corrected chi connectivity index (χ2v) is 5.63. The Morgan fingerprint density at radius 2 is 1.04 bits per heavy atom. The highest BCUT2D eigenvalue weighted by atomic mass is 16.5. The number of hydrogen-bond donors (Lipinski definition) is 0. The lowest BCUT2D eigenvalue weighted by molar-refractivity contribution is 0.415. The van der Waals surface area contributed by atoms with Gasteiger partial charge in [0.25, 0.3) is 0 Å². The molecule has 0 fully saturated rings. The molecule has 3 rings (SSSR count). The first-order valence-corrected chi connectivity index (χ1v) is 7.83. The van der Waals surface area contributed by atoms with E-state index in [9.17, 15) is 0 Å². The molecule has 3 aromatic rings. The Balaban J connectivity index is 2.07. The van der Waals surface area contributed by atoms with Crippen molar-refractivity contribution >= 4 is 5.95 Å². The minimum atomic E-state index is 0.603. The number of rotatable bonds is 5. The van der Waals surface area contributed by atoms with Gasteiger partial charge in [0.05, 0.1) is 14.2 Å². The van der Waals surface area contributed by atoms with E-state index in [1.807, 2.05) is 67.5 Å². The van der Waals surface area contributed by atoms with Gasteiger partial charge in [0, 0.05) is 25.2 Å². The average Bonchev–Trinajstić information content (AvgIpc) is 2.67. The van der Waals surface area contributed by atoms with Crippen LogP contribution >= 0.6 is 0 Å². The first kappa shape index (κ1) is 16.7. The lowest BCUT2D eigenvalue weighted by atomic mass is 10.2. The van der Waals surface area contributed by atoms with Crippen LogP contribution in [0.15, 0.2) is 48.5 Å². The summed E-state index contributed by atoms with van der Waals surface area (Å²) in [5, 5.41) is 0. The summed E-state index contributed by atoms with van der Waals surface area (Å²) in [6.45, 7) is 0. The maximum atomic E-state index is 5.21. The van der Waals surface area contributed by atoms with E-state index in [0.717, 1.165) is 22.6 Å². The van der Waals surface area contributed by atoms with Gasteiger partial charge in [0.1, 0.15) is 11.5 Å². The molecule has 0 unspecified atom stereocenters. The zero-order valence-corrected chi connectivity index (χ0v) is 14.7. The van der Waals surface area contributed by atoms with Gasteiger partial charge in [-0.25, -0.2) is 4.98 Å². The Hall–Kier alpha value is -3.15. The Kier molecular flexibility index (Phi) is 4.79. The van der Waals surface area contributed by atoms with Gasteiger partial charge in [-0.2, -0.15) is 9.97 Å². The third-order valence-electron chi connectivity index (χ3n) is 3.72. The van der Waals surface area contributed by atoms with Crippen molar-refractivity contribution in [1.29, 1.82) is 0 Å². The van der Waals surface area contributed by atoms with Crippen LogP contribution in [0.3, 0.4) is 0 Å². The fourth-order valence-corrected chi connectivity index (χ4v) is 2.30. The van der Waals surface area contributed by atoms with E-state index in [1.54, 1.807) is 14.2 Å². The SMILES string of the molecule is COc1ccc(-c2nc(-c3ccc(OC)cc3)nc(N(C)C)n2)cc1. The molecule has 6 heteroatoms. The van der Waals surface area contributed by atoms with Crippen LogP contribution in [0.25, 0.3) is 22.8 Å². The highest BCUT2D eigenvalue weighted by Gasteiger charge is 2.12. The number of benzene rings is 2. The summed E-state index contributed by atoms with van der Waals surface area (Å²) in [5.74, 6) is 3.42. The maximum Gasteiger partial charge on any atom is 0.228 e. The van der Waals surface area contributed by atoms with Crippen molar-refractivity contribution in [2.45, 2.75) is 0 Å². The van der Waals surface area contributed by atoms with Crippen molar-refractivity contribution in [2.75, 3.05) is 33.2 Å². The topological polar surface area (TPSA) is 60.4 Å². The summed E-state index contributed by atoms with van der Waals surface area (Å²) in [4.78, 5) is 15.6. The lowest BCUT2D eigenvalue weighted by Crippen LogP contribution is -2.14. The van der Waals surface area contributed by atoms with Crippen LogP contribution in [-0.4, -0.2) is 43.3 Å². The molecule has 0 radical (unpaired) electrons. The summed E-state index contributed by atoms with van der Waals surface area (Å²) in [7, 11) is 7.10. The minimum absolute atomic E-state index is 0.603. The van der Waals surface area contributed by atoms with Gasteiger partial charge in [-0.05, 0) is 48.5 Å². The van der Waals surface area contributed by atoms with E-state index in [0.29, 0.717) is 17.6 Å². The van der Waals surface area contributed by atoms with Gasteiger partial charge in [-0.3, -0.25) is 0 Å². The van der Waals surface area contributed by atoms with E-state index < -0.39 is 0 Å². The summed E-state index contributed by atoms with van der Waals surface area (Å²) in [6.07, 6.45) is 0. The molecule has 0 aliphatic rings. The van der Waals surface area contributed by atoms with Gasteiger partial charge in [0.15, 0.2) is 11.6 Å². The second kappa shape index (κ2) is 7.17. The van der Waals surface area contributed by atoms with E-state index >= 15 is 0 Å². The molecule has 0 N–H and O–H groups in total. The zero-order valence-electron chi connectivity index (χ0n) is 14.7. The molecule has 25 heavy (non-hydrogen) atoms. The molecular formula is C19H20N4O2. The second-order valence-electron chi connectivity index (χ2n) is 5.63. The van der Waals surface area contributed by atoms with Gasteiger partial charge in [-0.1, -0.05) is 0 Å². The van der Waals surface area contributed by atoms with Crippen molar-refractivity contribution in [3.8, 4) is 34.3 Å². The van der Waals surface area contributed by atoms with Crippen molar-refractivity contribution < 1.29 is 9.47 Å². The monoisotopic (exact) mass is 336 g/mol. The lowest BCUT2D eigenvalue weighted by Gasteiger charge is -2.13. The molecule has 0 atom stereocenters. The van der Waals surface area contributed by atoms with E-state index in [2.05, 4.69) is 15.0 Å². The van der Waals surface area contributed by atoms with E-state index in [4.69, 9.17) is 9.47 Å². The number of methoxy groups -OCH3 is 2. The van der Waals surface area contributed by atoms with Crippen LogP contribution in [0.2, 0.25) is 0 Å². The van der Waals surface area contributed by atoms with Crippen LogP contribution < -0.4 is 14.4 Å². The smallest absolute Gasteiger partial charge is 0.228 e. The van der Waals surface area contributed by atoms with E-state index in [1.165, 1.54) is 0 Å². The van der Waals surface area contributed by atoms with E-state index in [-0.39, 0.29) is 0 Å². The van der Waals surface area contributed by atoms with Gasteiger partial charge >= 0.3 is 0 Å². The third-order valence-corrected chi connectivity index (χ3v) is 3.72. The van der Waals surface area contributed by atoms with Crippen LogP contribution in [0.1, 0.15) is 0 Å².